The van der Waals surface area contributed by atoms with Crippen molar-refractivity contribution in [3.8, 4) is 0 Å². The summed E-state index contributed by atoms with van der Waals surface area (Å²) < 4.78 is 30.8. The molecular weight excluding hydrogens is 272 g/mol. The fraction of sp³-hybridized carbons (Fsp3) is 0.364. The average molecular weight is 288 g/mol. The van der Waals surface area contributed by atoms with Crippen LogP contribution in [-0.4, -0.2) is 32.9 Å². The van der Waals surface area contributed by atoms with Crippen molar-refractivity contribution in [3.63, 3.8) is 0 Å². The summed E-state index contributed by atoms with van der Waals surface area (Å²) in [6.45, 7) is 0.119. The molecule has 5 nitrogen and oxygen atoms in total. The number of methoxy groups -OCH3 is 1. The average Bonchev–Trinajstić information content (AvgIpc) is 2.34. The van der Waals surface area contributed by atoms with Crippen LogP contribution in [-0.2, 0) is 14.8 Å². The van der Waals surface area contributed by atoms with Crippen molar-refractivity contribution in [2.24, 2.45) is 5.73 Å². The summed E-state index contributed by atoms with van der Waals surface area (Å²) in [5.74, 6) is -0.130. The molecule has 0 fully saturated rings. The number of nitrogens with one attached hydrogen (secondary N) is 1. The zero-order chi connectivity index (χ0) is 13.6. The third kappa shape index (κ3) is 4.69. The van der Waals surface area contributed by atoms with E-state index in [0.29, 0.717) is 5.56 Å². The van der Waals surface area contributed by atoms with E-state index in [-0.39, 0.29) is 17.3 Å². The molecule has 0 radical (unpaired) electrons. The summed E-state index contributed by atoms with van der Waals surface area (Å²) >= 11 is 4.90. The number of hydrogen-bond donors (Lipinski definition) is 2. The second-order valence-corrected chi connectivity index (χ2v) is 6.02. The highest BCUT2D eigenvalue weighted by Gasteiger charge is 2.21. The molecule has 0 aliphatic rings. The molecule has 0 aromatic heterocycles. The van der Waals surface area contributed by atoms with E-state index in [1.54, 1.807) is 24.3 Å². The van der Waals surface area contributed by atoms with Crippen LogP contribution in [0.5, 0.6) is 0 Å². The van der Waals surface area contributed by atoms with Crippen LogP contribution in [0.15, 0.2) is 30.3 Å². The number of rotatable bonds is 7. The van der Waals surface area contributed by atoms with E-state index in [0.717, 1.165) is 0 Å². The molecule has 0 bridgehead atoms. The molecule has 1 atom stereocenters. The van der Waals surface area contributed by atoms with Gasteiger partial charge in [0, 0.05) is 7.11 Å². The molecule has 0 aliphatic carbocycles. The van der Waals surface area contributed by atoms with E-state index in [4.69, 9.17) is 22.7 Å². The van der Waals surface area contributed by atoms with Crippen LogP contribution in [0.3, 0.4) is 0 Å². The maximum atomic E-state index is 11.8. The topological polar surface area (TPSA) is 81.4 Å². The first-order chi connectivity index (χ1) is 8.46. The van der Waals surface area contributed by atoms with Crippen LogP contribution < -0.4 is 10.5 Å². The van der Waals surface area contributed by atoms with Crippen LogP contribution in [0.25, 0.3) is 0 Å². The molecule has 100 valence electrons. The maximum absolute atomic E-state index is 11.8. The predicted octanol–water partition coefficient (Wildman–Crippen LogP) is 0.580. The van der Waals surface area contributed by atoms with Gasteiger partial charge >= 0.3 is 0 Å². The summed E-state index contributed by atoms with van der Waals surface area (Å²) in [7, 11) is -2.04. The molecule has 7 heteroatoms. The van der Waals surface area contributed by atoms with E-state index >= 15 is 0 Å². The van der Waals surface area contributed by atoms with Crippen molar-refractivity contribution in [1.29, 1.82) is 0 Å². The lowest BCUT2D eigenvalue weighted by Crippen LogP contribution is -2.38. The van der Waals surface area contributed by atoms with Gasteiger partial charge in [0.25, 0.3) is 0 Å². The van der Waals surface area contributed by atoms with Crippen molar-refractivity contribution in [1.82, 2.24) is 4.72 Å². The lowest BCUT2D eigenvalue weighted by molar-refractivity contribution is 0.217. The van der Waals surface area contributed by atoms with Gasteiger partial charge in [-0.25, -0.2) is 13.1 Å². The van der Waals surface area contributed by atoms with Gasteiger partial charge in [0.05, 0.1) is 23.4 Å². The van der Waals surface area contributed by atoms with Crippen molar-refractivity contribution in [2.75, 3.05) is 19.5 Å². The van der Waals surface area contributed by atoms with Crippen molar-refractivity contribution in [3.05, 3.63) is 35.9 Å². The molecule has 1 aromatic carbocycles. The van der Waals surface area contributed by atoms with Crippen LogP contribution in [0, 0.1) is 0 Å². The van der Waals surface area contributed by atoms with Crippen LogP contribution in [0.2, 0.25) is 0 Å². The maximum Gasteiger partial charge on any atom is 0.214 e. The SMILES string of the molecule is COCCS(=O)(=O)NC(C(N)=S)c1ccccc1. The quantitative estimate of drug-likeness (QED) is 0.717. The number of hydrogen-bond acceptors (Lipinski definition) is 4. The molecule has 0 aliphatic heterocycles. The summed E-state index contributed by atoms with van der Waals surface area (Å²) in [6.07, 6.45) is 0. The Morgan fingerprint density at radius 1 is 1.44 bits per heavy atom. The van der Waals surface area contributed by atoms with E-state index in [1.165, 1.54) is 7.11 Å². The highest BCUT2D eigenvalue weighted by molar-refractivity contribution is 7.89. The van der Waals surface area contributed by atoms with Crippen LogP contribution >= 0.6 is 12.2 Å². The molecule has 3 N–H and O–H groups in total. The lowest BCUT2D eigenvalue weighted by Gasteiger charge is -2.17. The number of thiocarbonyl (C=S) groups is 1. The Morgan fingerprint density at radius 3 is 2.56 bits per heavy atom. The first kappa shape index (κ1) is 15.0. The third-order valence-corrected chi connectivity index (χ3v) is 3.81. The molecule has 1 unspecified atom stereocenters. The number of nitrogens with two attached hydrogens (primary N) is 1. The Labute approximate surface area is 112 Å². The monoisotopic (exact) mass is 288 g/mol. The number of ether oxygens (including phenoxy) is 1. The predicted molar refractivity (Wildman–Crippen MR) is 74.8 cm³/mol. The van der Waals surface area contributed by atoms with Crippen LogP contribution in [0.1, 0.15) is 11.6 Å². The molecule has 18 heavy (non-hydrogen) atoms. The Bertz CT molecular complexity index is 488. The number of benzene rings is 1. The molecule has 0 saturated carbocycles. The smallest absolute Gasteiger partial charge is 0.214 e. The van der Waals surface area contributed by atoms with Crippen molar-refractivity contribution >= 4 is 27.2 Å². The lowest BCUT2D eigenvalue weighted by atomic mass is 10.1. The Balaban J connectivity index is 2.86. The number of sulfonamides is 1. The first-order valence-corrected chi connectivity index (χ1v) is 7.35. The summed E-state index contributed by atoms with van der Waals surface area (Å²) in [4.78, 5) is 0.0854. The molecule has 0 heterocycles. The van der Waals surface area contributed by atoms with Gasteiger partial charge in [0.1, 0.15) is 0 Å². The second-order valence-electron chi connectivity index (χ2n) is 3.68. The van der Waals surface area contributed by atoms with E-state index in [1.807, 2.05) is 6.07 Å². The van der Waals surface area contributed by atoms with Gasteiger partial charge in [-0.3, -0.25) is 0 Å². The van der Waals surface area contributed by atoms with Gasteiger partial charge in [-0.15, -0.1) is 0 Å². The minimum Gasteiger partial charge on any atom is -0.392 e. The van der Waals surface area contributed by atoms with Gasteiger partial charge in [0.2, 0.25) is 10.0 Å². The zero-order valence-corrected chi connectivity index (χ0v) is 11.6. The summed E-state index contributed by atoms with van der Waals surface area (Å²) in [5.41, 5.74) is 6.29. The molecule has 1 rings (SSSR count). The van der Waals surface area contributed by atoms with Crippen molar-refractivity contribution < 1.29 is 13.2 Å². The second kappa shape index (κ2) is 6.79. The Kier molecular flexibility index (Phi) is 5.67. The van der Waals surface area contributed by atoms with Gasteiger partial charge < -0.3 is 10.5 Å². The first-order valence-electron chi connectivity index (χ1n) is 5.29. The minimum atomic E-state index is -3.48. The van der Waals surface area contributed by atoms with E-state index < -0.39 is 16.1 Å². The molecular formula is C11H16N2O3S2. The van der Waals surface area contributed by atoms with E-state index in [9.17, 15) is 8.42 Å². The molecule has 0 amide bonds. The van der Waals surface area contributed by atoms with Gasteiger partial charge in [-0.05, 0) is 5.56 Å². The Morgan fingerprint density at radius 2 is 2.06 bits per heavy atom. The van der Waals surface area contributed by atoms with Crippen LogP contribution in [0.4, 0.5) is 0 Å². The van der Waals surface area contributed by atoms with Crippen molar-refractivity contribution in [2.45, 2.75) is 6.04 Å². The highest BCUT2D eigenvalue weighted by atomic mass is 32.2. The standard InChI is InChI=1S/C11H16N2O3S2/c1-16-7-8-18(14,15)13-10(11(12)17)9-5-3-2-4-6-9/h2-6,10,13H,7-8H2,1H3,(H2,12,17). The third-order valence-electron chi connectivity index (χ3n) is 2.27. The van der Waals surface area contributed by atoms with Gasteiger partial charge in [-0.1, -0.05) is 42.5 Å². The fourth-order valence-electron chi connectivity index (χ4n) is 1.37. The highest BCUT2D eigenvalue weighted by Crippen LogP contribution is 2.14. The summed E-state index contributed by atoms with van der Waals surface area (Å²) in [5, 5.41) is 0. The molecule has 0 saturated heterocycles. The Hall–Kier alpha value is -1.02. The minimum absolute atomic E-state index is 0.0854. The largest absolute Gasteiger partial charge is 0.392 e. The van der Waals surface area contributed by atoms with E-state index in [2.05, 4.69) is 4.72 Å². The van der Waals surface area contributed by atoms with Gasteiger partial charge in [0.15, 0.2) is 0 Å². The fourth-order valence-corrected chi connectivity index (χ4v) is 2.76. The normalized spacial score (nSPS) is 13.2. The summed E-state index contributed by atoms with van der Waals surface area (Å²) in [6, 6.07) is 8.27. The molecule has 0 spiro atoms. The zero-order valence-electron chi connectivity index (χ0n) is 10.00. The molecule has 1 aromatic rings. The van der Waals surface area contributed by atoms with Gasteiger partial charge in [-0.2, -0.15) is 0 Å².